The fourth-order valence-electron chi connectivity index (χ4n) is 4.38. The Hall–Kier alpha value is -4.14. The molecule has 2 amide bonds. The molecular formula is C27H30N4O5. The van der Waals surface area contributed by atoms with Gasteiger partial charge in [0.1, 0.15) is 17.2 Å². The second-order valence-electron chi connectivity index (χ2n) is 8.53. The molecule has 0 atom stereocenters. The van der Waals surface area contributed by atoms with Crippen molar-refractivity contribution in [2.45, 2.75) is 32.6 Å². The molecule has 9 heteroatoms. The number of hydrogen-bond acceptors (Lipinski definition) is 7. The van der Waals surface area contributed by atoms with Gasteiger partial charge in [-0.25, -0.2) is 4.79 Å². The largest absolute Gasteiger partial charge is 0.497 e. The van der Waals surface area contributed by atoms with Crippen LogP contribution in [0.25, 0.3) is 0 Å². The summed E-state index contributed by atoms with van der Waals surface area (Å²) in [7, 11) is 1.57. The molecule has 0 aromatic heterocycles. The summed E-state index contributed by atoms with van der Waals surface area (Å²) in [5, 5.41) is 11.5. The number of hydrogen-bond donors (Lipinski definition) is 2. The van der Waals surface area contributed by atoms with Crippen LogP contribution in [0.3, 0.4) is 0 Å². The fourth-order valence-corrected chi connectivity index (χ4v) is 4.38. The molecule has 2 heterocycles. The van der Waals surface area contributed by atoms with Gasteiger partial charge in [0, 0.05) is 42.1 Å². The number of benzene rings is 2. The molecule has 9 nitrogen and oxygen atoms in total. The normalized spacial score (nSPS) is 16.2. The van der Waals surface area contributed by atoms with Crippen molar-refractivity contribution in [1.82, 2.24) is 0 Å². The minimum atomic E-state index is -0.765. The van der Waals surface area contributed by atoms with E-state index < -0.39 is 5.97 Å². The van der Waals surface area contributed by atoms with Crippen molar-refractivity contribution in [3.63, 3.8) is 0 Å². The van der Waals surface area contributed by atoms with Crippen LogP contribution in [-0.4, -0.2) is 50.3 Å². The van der Waals surface area contributed by atoms with Crippen LogP contribution in [0.15, 0.2) is 59.8 Å². The predicted molar refractivity (Wildman–Crippen MR) is 138 cm³/mol. The topological polar surface area (TPSA) is 112 Å². The van der Waals surface area contributed by atoms with Crippen LogP contribution in [0.2, 0.25) is 0 Å². The molecule has 4 rings (SSSR count). The van der Waals surface area contributed by atoms with E-state index in [4.69, 9.17) is 14.9 Å². The number of esters is 1. The third-order valence-electron chi connectivity index (χ3n) is 6.28. The van der Waals surface area contributed by atoms with E-state index in [1.807, 2.05) is 24.3 Å². The van der Waals surface area contributed by atoms with Gasteiger partial charge in [-0.05, 0) is 74.7 Å². The Morgan fingerprint density at radius 3 is 2.22 bits per heavy atom. The number of nitrogens with one attached hydrogen (secondary N) is 2. The zero-order valence-corrected chi connectivity index (χ0v) is 20.5. The molecule has 0 radical (unpaired) electrons. The average Bonchev–Trinajstić information content (AvgIpc) is 2.90. The Kier molecular flexibility index (Phi) is 7.68. The Morgan fingerprint density at radius 2 is 1.61 bits per heavy atom. The van der Waals surface area contributed by atoms with Crippen molar-refractivity contribution in [3.8, 4) is 5.75 Å². The first-order valence-corrected chi connectivity index (χ1v) is 12.1. The molecule has 2 aromatic rings. The standard InChI is InChI=1S/C27H30N4O5/c1-3-36-27(34)24(28)22-15-17-31(26(33)25(22)29-18-7-13-21(35-2)14-8-18)20-11-9-19(10-12-20)30-16-5-4-6-23(30)32/h7-14,28-29H,3-6,15-17H2,1-2H3. The van der Waals surface area contributed by atoms with Gasteiger partial charge in [0.25, 0.3) is 5.91 Å². The van der Waals surface area contributed by atoms with Crippen LogP contribution < -0.4 is 19.9 Å². The Labute approximate surface area is 210 Å². The van der Waals surface area contributed by atoms with Crippen LogP contribution in [0.1, 0.15) is 32.6 Å². The lowest BCUT2D eigenvalue weighted by molar-refractivity contribution is -0.135. The summed E-state index contributed by atoms with van der Waals surface area (Å²) in [5.74, 6) is -0.349. The predicted octanol–water partition coefficient (Wildman–Crippen LogP) is 3.90. The fraction of sp³-hybridized carbons (Fsp3) is 0.333. The van der Waals surface area contributed by atoms with E-state index >= 15 is 0 Å². The number of anilines is 3. The van der Waals surface area contributed by atoms with Crippen molar-refractivity contribution < 1.29 is 23.9 Å². The van der Waals surface area contributed by atoms with Crippen molar-refractivity contribution >= 4 is 40.6 Å². The van der Waals surface area contributed by atoms with E-state index in [2.05, 4.69) is 5.32 Å². The van der Waals surface area contributed by atoms with Gasteiger partial charge in [0.15, 0.2) is 0 Å². The van der Waals surface area contributed by atoms with Gasteiger partial charge in [-0.3, -0.25) is 15.0 Å². The zero-order chi connectivity index (χ0) is 25.7. The molecule has 2 aliphatic heterocycles. The Balaban J connectivity index is 1.62. The molecule has 2 aliphatic rings. The van der Waals surface area contributed by atoms with E-state index in [-0.39, 0.29) is 29.8 Å². The van der Waals surface area contributed by atoms with Gasteiger partial charge in [0.05, 0.1) is 13.7 Å². The molecule has 1 fully saturated rings. The number of carbonyl (C=O) groups is 3. The van der Waals surface area contributed by atoms with Crippen molar-refractivity contribution in [2.24, 2.45) is 0 Å². The minimum absolute atomic E-state index is 0.110. The number of piperidine rings is 1. The van der Waals surface area contributed by atoms with Crippen LogP contribution in [0, 0.1) is 5.41 Å². The lowest BCUT2D eigenvalue weighted by Gasteiger charge is -2.32. The Bertz CT molecular complexity index is 1190. The maximum absolute atomic E-state index is 13.7. The minimum Gasteiger partial charge on any atom is -0.497 e. The second kappa shape index (κ2) is 11.1. The number of rotatable bonds is 8. The molecule has 188 valence electrons. The second-order valence-corrected chi connectivity index (χ2v) is 8.53. The highest BCUT2D eigenvalue weighted by Crippen LogP contribution is 2.30. The molecule has 0 saturated carbocycles. The molecule has 2 N–H and O–H groups in total. The van der Waals surface area contributed by atoms with Gasteiger partial charge in [-0.2, -0.15) is 0 Å². The summed E-state index contributed by atoms with van der Waals surface area (Å²) in [6.07, 6.45) is 2.73. The lowest BCUT2D eigenvalue weighted by Crippen LogP contribution is -2.42. The zero-order valence-electron chi connectivity index (χ0n) is 20.5. The highest BCUT2D eigenvalue weighted by molar-refractivity contribution is 6.43. The molecule has 1 saturated heterocycles. The molecular weight excluding hydrogens is 460 g/mol. The van der Waals surface area contributed by atoms with E-state index in [1.54, 1.807) is 48.1 Å². The van der Waals surface area contributed by atoms with Crippen LogP contribution in [0.4, 0.5) is 17.1 Å². The van der Waals surface area contributed by atoms with Gasteiger partial charge < -0.3 is 24.6 Å². The monoisotopic (exact) mass is 490 g/mol. The number of nitrogens with zero attached hydrogens (tertiary/aromatic N) is 2. The quantitative estimate of drug-likeness (QED) is 0.429. The Morgan fingerprint density at radius 1 is 0.944 bits per heavy atom. The van der Waals surface area contributed by atoms with E-state index in [0.717, 1.165) is 18.5 Å². The molecule has 0 spiro atoms. The number of methoxy groups -OCH3 is 1. The third kappa shape index (κ3) is 5.25. The lowest BCUT2D eigenvalue weighted by atomic mass is 9.98. The third-order valence-corrected chi connectivity index (χ3v) is 6.28. The molecule has 2 aromatic carbocycles. The number of carbonyl (C=O) groups excluding carboxylic acids is 3. The van der Waals surface area contributed by atoms with Gasteiger partial charge in [-0.15, -0.1) is 0 Å². The van der Waals surface area contributed by atoms with Crippen molar-refractivity contribution in [2.75, 3.05) is 41.9 Å². The highest BCUT2D eigenvalue weighted by atomic mass is 16.5. The van der Waals surface area contributed by atoms with Gasteiger partial charge in [0.2, 0.25) is 5.91 Å². The van der Waals surface area contributed by atoms with Gasteiger partial charge in [-0.1, -0.05) is 0 Å². The first-order chi connectivity index (χ1) is 17.4. The summed E-state index contributed by atoms with van der Waals surface area (Å²) in [6.45, 7) is 2.80. The van der Waals surface area contributed by atoms with E-state index in [0.29, 0.717) is 48.6 Å². The first kappa shape index (κ1) is 25.0. The summed E-state index contributed by atoms with van der Waals surface area (Å²) >= 11 is 0. The smallest absolute Gasteiger partial charge is 0.356 e. The molecule has 36 heavy (non-hydrogen) atoms. The maximum Gasteiger partial charge on any atom is 0.356 e. The van der Waals surface area contributed by atoms with Crippen LogP contribution in [-0.2, 0) is 19.1 Å². The van der Waals surface area contributed by atoms with Crippen molar-refractivity contribution in [3.05, 3.63) is 59.8 Å². The van der Waals surface area contributed by atoms with Crippen molar-refractivity contribution in [1.29, 1.82) is 5.41 Å². The number of amides is 2. The SMILES string of the molecule is CCOC(=O)C(=N)C1=C(Nc2ccc(OC)cc2)C(=O)N(c2ccc(N3CCCCC3=O)cc2)CC1. The maximum atomic E-state index is 13.7. The van der Waals surface area contributed by atoms with E-state index in [9.17, 15) is 14.4 Å². The highest BCUT2D eigenvalue weighted by Gasteiger charge is 2.33. The van der Waals surface area contributed by atoms with Gasteiger partial charge >= 0.3 is 5.97 Å². The van der Waals surface area contributed by atoms with Crippen LogP contribution >= 0.6 is 0 Å². The van der Waals surface area contributed by atoms with Crippen LogP contribution in [0.5, 0.6) is 5.75 Å². The molecule has 0 unspecified atom stereocenters. The van der Waals surface area contributed by atoms with E-state index in [1.165, 1.54) is 0 Å². The molecule has 0 bridgehead atoms. The summed E-state index contributed by atoms with van der Waals surface area (Å²) in [5.41, 5.74) is 2.23. The summed E-state index contributed by atoms with van der Waals surface area (Å²) in [6, 6.07) is 14.4. The molecule has 0 aliphatic carbocycles. The average molecular weight is 491 g/mol. The summed E-state index contributed by atoms with van der Waals surface area (Å²) in [4.78, 5) is 41.6. The number of ether oxygens (including phenoxy) is 2. The first-order valence-electron chi connectivity index (χ1n) is 12.1. The summed E-state index contributed by atoms with van der Waals surface area (Å²) < 4.78 is 10.2.